The predicted octanol–water partition coefficient (Wildman–Crippen LogP) is 1.76. The molecule has 0 saturated heterocycles. The van der Waals surface area contributed by atoms with Gasteiger partial charge in [0.2, 0.25) is 10.0 Å². The van der Waals surface area contributed by atoms with Crippen molar-refractivity contribution in [3.63, 3.8) is 0 Å². The van der Waals surface area contributed by atoms with Gasteiger partial charge in [0.15, 0.2) is 0 Å². The Morgan fingerprint density at radius 1 is 1.45 bits per heavy atom. The Labute approximate surface area is 117 Å². The fraction of sp³-hybridized carbons (Fsp3) is 0.462. The van der Waals surface area contributed by atoms with E-state index in [-0.39, 0.29) is 23.9 Å². The third-order valence-electron chi connectivity index (χ3n) is 3.22. The number of sulfonamides is 1. The molecule has 0 radical (unpaired) electrons. The van der Waals surface area contributed by atoms with Gasteiger partial charge in [0, 0.05) is 12.6 Å². The van der Waals surface area contributed by atoms with Gasteiger partial charge in [-0.05, 0) is 43.5 Å². The highest BCUT2D eigenvalue weighted by atomic mass is 32.2. The second kappa shape index (κ2) is 5.49. The number of carbonyl (C=O) groups is 1. The van der Waals surface area contributed by atoms with E-state index >= 15 is 0 Å². The summed E-state index contributed by atoms with van der Waals surface area (Å²) in [5.74, 6) is -1.54. The minimum absolute atomic E-state index is 0.0381. The fourth-order valence-corrected chi connectivity index (χ4v) is 3.99. The van der Waals surface area contributed by atoms with Gasteiger partial charge in [0.05, 0.1) is 11.3 Å². The predicted molar refractivity (Wildman–Crippen MR) is 70.3 cm³/mol. The number of carboxylic acid groups (broad SMARTS) is 1. The van der Waals surface area contributed by atoms with Gasteiger partial charge in [-0.25, -0.2) is 12.8 Å². The first-order chi connectivity index (χ1) is 9.32. The van der Waals surface area contributed by atoms with Gasteiger partial charge in [-0.2, -0.15) is 4.31 Å². The standard InChI is InChI=1S/C13H16FNO4S/c1-9-8-10(14)2-5-12(9)20(18,19)15(11-3-4-11)7-6-13(16)17/h2,5,8,11H,3-4,6-7H2,1H3,(H,16,17). The van der Waals surface area contributed by atoms with Crippen LogP contribution in [0.5, 0.6) is 0 Å². The molecule has 0 aliphatic heterocycles. The van der Waals surface area contributed by atoms with E-state index in [2.05, 4.69) is 0 Å². The zero-order chi connectivity index (χ0) is 14.9. The van der Waals surface area contributed by atoms with E-state index in [1.165, 1.54) is 17.3 Å². The summed E-state index contributed by atoms with van der Waals surface area (Å²) >= 11 is 0. The maximum absolute atomic E-state index is 13.1. The van der Waals surface area contributed by atoms with Crippen LogP contribution in [0.2, 0.25) is 0 Å². The van der Waals surface area contributed by atoms with Gasteiger partial charge >= 0.3 is 5.97 Å². The first-order valence-electron chi connectivity index (χ1n) is 6.32. The maximum Gasteiger partial charge on any atom is 0.304 e. The molecule has 1 aliphatic rings. The molecule has 7 heteroatoms. The van der Waals surface area contributed by atoms with Gasteiger partial charge in [-0.15, -0.1) is 0 Å². The van der Waals surface area contributed by atoms with Crippen LogP contribution in [0.1, 0.15) is 24.8 Å². The number of benzene rings is 1. The number of aryl methyl sites for hydroxylation is 1. The number of aliphatic carboxylic acids is 1. The molecule has 1 saturated carbocycles. The largest absolute Gasteiger partial charge is 0.481 e. The maximum atomic E-state index is 13.1. The number of hydrogen-bond acceptors (Lipinski definition) is 3. The molecular weight excluding hydrogens is 285 g/mol. The van der Waals surface area contributed by atoms with E-state index in [0.717, 1.165) is 25.0 Å². The zero-order valence-corrected chi connectivity index (χ0v) is 11.9. The SMILES string of the molecule is Cc1cc(F)ccc1S(=O)(=O)N(CCC(=O)O)C1CC1. The molecule has 1 N–H and O–H groups in total. The van der Waals surface area contributed by atoms with Crippen molar-refractivity contribution in [2.24, 2.45) is 0 Å². The van der Waals surface area contributed by atoms with Crippen LogP contribution in [-0.2, 0) is 14.8 Å². The summed E-state index contributed by atoms with van der Waals surface area (Å²) in [7, 11) is -3.78. The molecule has 0 aromatic heterocycles. The molecule has 0 atom stereocenters. The first kappa shape index (κ1) is 14.9. The lowest BCUT2D eigenvalue weighted by Gasteiger charge is -2.22. The van der Waals surface area contributed by atoms with Crippen molar-refractivity contribution >= 4 is 16.0 Å². The van der Waals surface area contributed by atoms with Crippen molar-refractivity contribution in [3.05, 3.63) is 29.6 Å². The number of hydrogen-bond donors (Lipinski definition) is 1. The Kier molecular flexibility index (Phi) is 4.10. The van der Waals surface area contributed by atoms with Crippen LogP contribution in [-0.4, -0.2) is 36.4 Å². The second-order valence-corrected chi connectivity index (χ2v) is 6.76. The molecule has 0 amide bonds. The highest BCUT2D eigenvalue weighted by Crippen LogP contribution is 2.33. The molecule has 1 aromatic rings. The Bertz CT molecular complexity index is 625. The minimum Gasteiger partial charge on any atom is -0.481 e. The monoisotopic (exact) mass is 301 g/mol. The number of rotatable bonds is 6. The molecule has 0 unspecified atom stereocenters. The van der Waals surface area contributed by atoms with Gasteiger partial charge in [0.1, 0.15) is 5.82 Å². The number of carboxylic acids is 1. The van der Waals surface area contributed by atoms with Crippen LogP contribution < -0.4 is 0 Å². The molecule has 5 nitrogen and oxygen atoms in total. The van der Waals surface area contributed by atoms with Crippen molar-refractivity contribution in [1.29, 1.82) is 0 Å². The van der Waals surface area contributed by atoms with E-state index in [1.807, 2.05) is 0 Å². The third kappa shape index (κ3) is 3.16. The lowest BCUT2D eigenvalue weighted by molar-refractivity contribution is -0.137. The molecule has 0 heterocycles. The smallest absolute Gasteiger partial charge is 0.304 e. The summed E-state index contributed by atoms with van der Waals surface area (Å²) in [5, 5.41) is 8.72. The summed E-state index contributed by atoms with van der Waals surface area (Å²) in [5.41, 5.74) is 0.325. The highest BCUT2D eigenvalue weighted by molar-refractivity contribution is 7.89. The Morgan fingerprint density at radius 2 is 2.10 bits per heavy atom. The minimum atomic E-state index is -3.78. The zero-order valence-electron chi connectivity index (χ0n) is 11.0. The van der Waals surface area contributed by atoms with Gasteiger partial charge < -0.3 is 5.11 Å². The Hall–Kier alpha value is -1.47. The summed E-state index contributed by atoms with van der Waals surface area (Å²) in [6.45, 7) is 1.47. The lowest BCUT2D eigenvalue weighted by atomic mass is 10.2. The summed E-state index contributed by atoms with van der Waals surface area (Å²) < 4.78 is 39.4. The van der Waals surface area contributed by atoms with Crippen LogP contribution >= 0.6 is 0 Å². The molecular formula is C13H16FNO4S. The third-order valence-corrected chi connectivity index (χ3v) is 5.34. The average Bonchev–Trinajstić information content (AvgIpc) is 3.12. The number of halogens is 1. The van der Waals surface area contributed by atoms with Crippen LogP contribution in [0.15, 0.2) is 23.1 Å². The first-order valence-corrected chi connectivity index (χ1v) is 7.76. The Morgan fingerprint density at radius 3 is 2.60 bits per heavy atom. The van der Waals surface area contributed by atoms with Crippen LogP contribution in [0.3, 0.4) is 0 Å². The van der Waals surface area contributed by atoms with Crippen molar-refractivity contribution in [2.75, 3.05) is 6.54 Å². The van der Waals surface area contributed by atoms with Gasteiger partial charge in [0.25, 0.3) is 0 Å². The average molecular weight is 301 g/mol. The number of nitrogens with zero attached hydrogens (tertiary/aromatic N) is 1. The molecule has 0 bridgehead atoms. The van der Waals surface area contributed by atoms with Crippen LogP contribution in [0.4, 0.5) is 4.39 Å². The van der Waals surface area contributed by atoms with E-state index in [4.69, 9.17) is 5.11 Å². The van der Waals surface area contributed by atoms with E-state index < -0.39 is 21.8 Å². The summed E-state index contributed by atoms with van der Waals surface area (Å²) in [6, 6.07) is 3.36. The lowest BCUT2D eigenvalue weighted by Crippen LogP contribution is -2.35. The van der Waals surface area contributed by atoms with Crippen LogP contribution in [0.25, 0.3) is 0 Å². The molecule has 1 aliphatic carbocycles. The van der Waals surface area contributed by atoms with E-state index in [9.17, 15) is 17.6 Å². The van der Waals surface area contributed by atoms with Crippen molar-refractivity contribution in [1.82, 2.24) is 4.31 Å². The normalized spacial score (nSPS) is 15.6. The van der Waals surface area contributed by atoms with Gasteiger partial charge in [-0.1, -0.05) is 0 Å². The molecule has 20 heavy (non-hydrogen) atoms. The Balaban J connectivity index is 2.32. The summed E-state index contributed by atoms with van der Waals surface area (Å²) in [6.07, 6.45) is 1.23. The molecule has 110 valence electrons. The van der Waals surface area contributed by atoms with Crippen molar-refractivity contribution < 1.29 is 22.7 Å². The van der Waals surface area contributed by atoms with E-state index in [1.54, 1.807) is 0 Å². The summed E-state index contributed by atoms with van der Waals surface area (Å²) in [4.78, 5) is 10.7. The van der Waals surface area contributed by atoms with Crippen molar-refractivity contribution in [3.8, 4) is 0 Å². The van der Waals surface area contributed by atoms with Crippen molar-refractivity contribution in [2.45, 2.75) is 37.1 Å². The highest BCUT2D eigenvalue weighted by Gasteiger charge is 2.38. The molecule has 1 aromatic carbocycles. The molecule has 1 fully saturated rings. The van der Waals surface area contributed by atoms with E-state index in [0.29, 0.717) is 5.56 Å². The van der Waals surface area contributed by atoms with Crippen LogP contribution in [0, 0.1) is 12.7 Å². The molecule has 0 spiro atoms. The fourth-order valence-electron chi connectivity index (χ4n) is 2.10. The molecule has 2 rings (SSSR count). The second-order valence-electron chi connectivity index (χ2n) is 4.90. The quantitative estimate of drug-likeness (QED) is 0.869. The topological polar surface area (TPSA) is 74.7 Å². The van der Waals surface area contributed by atoms with Gasteiger partial charge in [-0.3, -0.25) is 4.79 Å².